The fourth-order valence-corrected chi connectivity index (χ4v) is 1.85. The van der Waals surface area contributed by atoms with E-state index >= 15 is 0 Å². The molecular formula is C15H12F3N3. The first-order valence-electron chi connectivity index (χ1n) is 6.18. The highest BCUT2D eigenvalue weighted by Gasteiger charge is 2.33. The Labute approximate surface area is 120 Å². The van der Waals surface area contributed by atoms with E-state index in [1.165, 1.54) is 0 Å². The van der Waals surface area contributed by atoms with Crippen LogP contribution in [0.1, 0.15) is 22.4 Å². The minimum absolute atomic E-state index is 0.0613. The van der Waals surface area contributed by atoms with E-state index < -0.39 is 11.9 Å². The predicted molar refractivity (Wildman–Crippen MR) is 72.5 cm³/mol. The Bertz CT molecular complexity index is 687. The Kier molecular flexibility index (Phi) is 4.13. The van der Waals surface area contributed by atoms with Gasteiger partial charge in [0, 0.05) is 6.54 Å². The second kappa shape index (κ2) is 5.83. The van der Waals surface area contributed by atoms with E-state index in [-0.39, 0.29) is 11.4 Å². The molecular weight excluding hydrogens is 279 g/mol. The summed E-state index contributed by atoms with van der Waals surface area (Å²) in [6.07, 6.45) is -4.53. The molecule has 0 aliphatic carbocycles. The van der Waals surface area contributed by atoms with Crippen LogP contribution in [0.25, 0.3) is 0 Å². The van der Waals surface area contributed by atoms with Crippen LogP contribution >= 0.6 is 0 Å². The molecule has 0 amide bonds. The molecule has 0 saturated heterocycles. The highest BCUT2D eigenvalue weighted by molar-refractivity contribution is 5.52. The first-order chi connectivity index (χ1) is 9.90. The normalized spacial score (nSPS) is 11.0. The van der Waals surface area contributed by atoms with Crippen LogP contribution in [0.5, 0.6) is 0 Å². The monoisotopic (exact) mass is 291 g/mol. The zero-order valence-corrected chi connectivity index (χ0v) is 11.2. The van der Waals surface area contributed by atoms with Crippen molar-refractivity contribution in [2.45, 2.75) is 19.6 Å². The first-order valence-corrected chi connectivity index (χ1v) is 6.18. The number of alkyl halides is 3. The van der Waals surface area contributed by atoms with E-state index in [0.29, 0.717) is 6.54 Å². The third-order valence-corrected chi connectivity index (χ3v) is 2.85. The van der Waals surface area contributed by atoms with Gasteiger partial charge in [0.1, 0.15) is 17.6 Å². The van der Waals surface area contributed by atoms with E-state index in [9.17, 15) is 13.2 Å². The smallest absolute Gasteiger partial charge is 0.365 e. The number of pyridine rings is 1. The van der Waals surface area contributed by atoms with Crippen molar-refractivity contribution in [1.29, 1.82) is 5.26 Å². The number of anilines is 1. The molecule has 1 heterocycles. The number of rotatable bonds is 3. The maximum absolute atomic E-state index is 12.6. The van der Waals surface area contributed by atoms with Crippen LogP contribution in [0.15, 0.2) is 36.4 Å². The summed E-state index contributed by atoms with van der Waals surface area (Å²) in [7, 11) is 0. The highest BCUT2D eigenvalue weighted by atomic mass is 19.4. The van der Waals surface area contributed by atoms with Crippen LogP contribution in [0.2, 0.25) is 0 Å². The van der Waals surface area contributed by atoms with Crippen LogP contribution in [-0.4, -0.2) is 4.98 Å². The van der Waals surface area contributed by atoms with Crippen molar-refractivity contribution in [3.8, 4) is 6.07 Å². The maximum Gasteiger partial charge on any atom is 0.433 e. The van der Waals surface area contributed by atoms with E-state index in [2.05, 4.69) is 10.3 Å². The largest absolute Gasteiger partial charge is 0.433 e. The molecule has 1 aromatic carbocycles. The van der Waals surface area contributed by atoms with Crippen molar-refractivity contribution in [3.05, 3.63) is 58.8 Å². The lowest BCUT2D eigenvalue weighted by Crippen LogP contribution is -2.11. The van der Waals surface area contributed by atoms with Gasteiger partial charge < -0.3 is 5.32 Å². The molecule has 0 unspecified atom stereocenters. The van der Waals surface area contributed by atoms with Crippen LogP contribution < -0.4 is 5.32 Å². The zero-order chi connectivity index (χ0) is 15.5. The SMILES string of the molecule is Cc1cccc(CNc2nc(C(F)(F)F)ccc2C#N)c1. The molecule has 2 rings (SSSR count). The van der Waals surface area contributed by atoms with E-state index in [1.807, 2.05) is 37.3 Å². The van der Waals surface area contributed by atoms with Gasteiger partial charge in [0.25, 0.3) is 0 Å². The minimum Gasteiger partial charge on any atom is -0.365 e. The van der Waals surface area contributed by atoms with Crippen LogP contribution in [-0.2, 0) is 12.7 Å². The molecule has 0 aliphatic heterocycles. The standard InChI is InChI=1S/C15H12F3N3/c1-10-3-2-4-11(7-10)9-20-14-12(8-19)5-6-13(21-14)15(16,17)18/h2-7H,9H2,1H3,(H,20,21). The number of aromatic nitrogens is 1. The summed E-state index contributed by atoms with van der Waals surface area (Å²) in [5.41, 5.74) is 1.01. The Morgan fingerprint density at radius 1 is 1.24 bits per heavy atom. The number of aryl methyl sites for hydroxylation is 1. The maximum atomic E-state index is 12.6. The predicted octanol–water partition coefficient (Wildman–Crippen LogP) is 3.89. The number of hydrogen-bond acceptors (Lipinski definition) is 3. The quantitative estimate of drug-likeness (QED) is 0.933. The summed E-state index contributed by atoms with van der Waals surface area (Å²) in [5.74, 6) is -0.0613. The second-order valence-electron chi connectivity index (χ2n) is 4.54. The average Bonchev–Trinajstić information content (AvgIpc) is 2.44. The molecule has 1 N–H and O–H groups in total. The van der Waals surface area contributed by atoms with Gasteiger partial charge in [-0.15, -0.1) is 0 Å². The minimum atomic E-state index is -4.53. The molecule has 0 bridgehead atoms. The van der Waals surface area contributed by atoms with Gasteiger partial charge in [0.15, 0.2) is 0 Å². The molecule has 108 valence electrons. The number of halogens is 3. The van der Waals surface area contributed by atoms with Crippen molar-refractivity contribution >= 4 is 5.82 Å². The fourth-order valence-electron chi connectivity index (χ4n) is 1.85. The van der Waals surface area contributed by atoms with Gasteiger partial charge in [-0.25, -0.2) is 4.98 Å². The van der Waals surface area contributed by atoms with Crippen LogP contribution in [0.4, 0.5) is 19.0 Å². The summed E-state index contributed by atoms with van der Waals surface area (Å²) in [5, 5.41) is 11.7. The van der Waals surface area contributed by atoms with Gasteiger partial charge in [-0.3, -0.25) is 0 Å². The summed E-state index contributed by atoms with van der Waals surface area (Å²) >= 11 is 0. The summed E-state index contributed by atoms with van der Waals surface area (Å²) < 4.78 is 37.9. The Balaban J connectivity index is 2.24. The van der Waals surface area contributed by atoms with Crippen molar-refractivity contribution < 1.29 is 13.2 Å². The molecule has 0 aliphatic rings. The van der Waals surface area contributed by atoms with Gasteiger partial charge in [0.2, 0.25) is 0 Å². The zero-order valence-electron chi connectivity index (χ0n) is 11.2. The van der Waals surface area contributed by atoms with E-state index in [0.717, 1.165) is 23.3 Å². The Morgan fingerprint density at radius 2 is 2.00 bits per heavy atom. The number of benzene rings is 1. The van der Waals surface area contributed by atoms with Gasteiger partial charge in [-0.05, 0) is 24.6 Å². The van der Waals surface area contributed by atoms with Crippen molar-refractivity contribution in [1.82, 2.24) is 4.98 Å². The third-order valence-electron chi connectivity index (χ3n) is 2.85. The molecule has 0 fully saturated rings. The van der Waals surface area contributed by atoms with Gasteiger partial charge >= 0.3 is 6.18 Å². The van der Waals surface area contributed by atoms with Crippen molar-refractivity contribution in [2.24, 2.45) is 0 Å². The van der Waals surface area contributed by atoms with Crippen molar-refractivity contribution in [3.63, 3.8) is 0 Å². The lowest BCUT2D eigenvalue weighted by molar-refractivity contribution is -0.141. The fraction of sp³-hybridized carbons (Fsp3) is 0.200. The molecule has 21 heavy (non-hydrogen) atoms. The molecule has 1 aromatic heterocycles. The third kappa shape index (κ3) is 3.72. The van der Waals surface area contributed by atoms with Crippen LogP contribution in [0, 0.1) is 18.3 Å². The number of nitrogens with one attached hydrogen (secondary N) is 1. The molecule has 2 aromatic rings. The van der Waals surface area contributed by atoms with Crippen LogP contribution in [0.3, 0.4) is 0 Å². The highest BCUT2D eigenvalue weighted by Crippen LogP contribution is 2.29. The summed E-state index contributed by atoms with van der Waals surface area (Å²) in [6, 6.07) is 11.3. The van der Waals surface area contributed by atoms with E-state index in [1.54, 1.807) is 0 Å². The lowest BCUT2D eigenvalue weighted by Gasteiger charge is -2.11. The Hall–Kier alpha value is -2.55. The summed E-state index contributed by atoms with van der Waals surface area (Å²) in [4.78, 5) is 3.49. The molecule has 0 atom stereocenters. The number of hydrogen-bond donors (Lipinski definition) is 1. The van der Waals surface area contributed by atoms with Crippen molar-refractivity contribution in [2.75, 3.05) is 5.32 Å². The topological polar surface area (TPSA) is 48.7 Å². The number of nitrogens with zero attached hydrogens (tertiary/aromatic N) is 2. The second-order valence-corrected chi connectivity index (χ2v) is 4.54. The van der Waals surface area contributed by atoms with E-state index in [4.69, 9.17) is 5.26 Å². The lowest BCUT2D eigenvalue weighted by atomic mass is 10.1. The van der Waals surface area contributed by atoms with Gasteiger partial charge in [-0.2, -0.15) is 18.4 Å². The molecule has 0 spiro atoms. The average molecular weight is 291 g/mol. The van der Waals surface area contributed by atoms with Gasteiger partial charge in [-0.1, -0.05) is 29.8 Å². The Morgan fingerprint density at radius 3 is 2.62 bits per heavy atom. The molecule has 0 radical (unpaired) electrons. The molecule has 6 heteroatoms. The molecule has 0 saturated carbocycles. The number of nitriles is 1. The first kappa shape index (κ1) is 14.9. The summed E-state index contributed by atoms with van der Waals surface area (Å²) in [6.45, 7) is 2.22. The molecule has 3 nitrogen and oxygen atoms in total. The van der Waals surface area contributed by atoms with Gasteiger partial charge in [0.05, 0.1) is 5.56 Å².